The molecule has 1 N–H and O–H groups in total. The summed E-state index contributed by atoms with van der Waals surface area (Å²) in [5.74, 6) is 0.663. The lowest BCUT2D eigenvalue weighted by atomic mass is 10.0. The Labute approximate surface area is 147 Å². The van der Waals surface area contributed by atoms with Crippen LogP contribution in [-0.2, 0) is 9.59 Å². The SMILES string of the molecule is O=C(NC1CC1)[C@@H]1C[C@H](Oc2cccnc2)CN1C(=O)C1CC=CC1. The fourth-order valence-corrected chi connectivity index (χ4v) is 3.56. The van der Waals surface area contributed by atoms with Crippen molar-refractivity contribution in [2.75, 3.05) is 6.54 Å². The second-order valence-corrected chi connectivity index (χ2v) is 7.09. The molecule has 3 aliphatic rings. The molecule has 0 radical (unpaired) electrons. The Morgan fingerprint density at radius 2 is 2.04 bits per heavy atom. The van der Waals surface area contributed by atoms with Gasteiger partial charge in [0.1, 0.15) is 17.9 Å². The molecule has 0 unspecified atom stereocenters. The molecular formula is C19H23N3O3. The summed E-state index contributed by atoms with van der Waals surface area (Å²) in [6.07, 6.45) is 11.4. The Balaban J connectivity index is 1.46. The highest BCUT2D eigenvalue weighted by molar-refractivity contribution is 5.89. The lowest BCUT2D eigenvalue weighted by Gasteiger charge is -2.26. The quantitative estimate of drug-likeness (QED) is 0.827. The summed E-state index contributed by atoms with van der Waals surface area (Å²) in [7, 11) is 0. The van der Waals surface area contributed by atoms with Crippen molar-refractivity contribution in [1.82, 2.24) is 15.2 Å². The molecule has 2 aliphatic carbocycles. The van der Waals surface area contributed by atoms with Gasteiger partial charge in [-0.25, -0.2) is 0 Å². The van der Waals surface area contributed by atoms with Crippen LogP contribution in [0, 0.1) is 5.92 Å². The molecule has 6 nitrogen and oxygen atoms in total. The minimum atomic E-state index is -0.435. The number of carbonyl (C=O) groups is 2. The molecule has 0 aromatic carbocycles. The minimum Gasteiger partial charge on any atom is -0.487 e. The summed E-state index contributed by atoms with van der Waals surface area (Å²) in [5.41, 5.74) is 0. The number of hydrogen-bond acceptors (Lipinski definition) is 4. The van der Waals surface area contributed by atoms with Crippen LogP contribution in [0.25, 0.3) is 0 Å². The van der Waals surface area contributed by atoms with Gasteiger partial charge in [-0.2, -0.15) is 0 Å². The number of likely N-dealkylation sites (tertiary alicyclic amines) is 1. The highest BCUT2D eigenvalue weighted by atomic mass is 16.5. The van der Waals surface area contributed by atoms with Crippen molar-refractivity contribution in [2.45, 2.75) is 50.3 Å². The highest BCUT2D eigenvalue weighted by Gasteiger charge is 2.43. The van der Waals surface area contributed by atoms with Gasteiger partial charge in [-0.15, -0.1) is 0 Å². The van der Waals surface area contributed by atoms with Crippen LogP contribution in [0.4, 0.5) is 0 Å². The van der Waals surface area contributed by atoms with Gasteiger partial charge in [0, 0.05) is 24.6 Å². The molecule has 132 valence electrons. The molecule has 25 heavy (non-hydrogen) atoms. The van der Waals surface area contributed by atoms with E-state index in [-0.39, 0.29) is 29.9 Å². The van der Waals surface area contributed by atoms with Crippen molar-refractivity contribution in [3.8, 4) is 5.75 Å². The first-order valence-corrected chi connectivity index (χ1v) is 9.03. The van der Waals surface area contributed by atoms with E-state index in [9.17, 15) is 9.59 Å². The van der Waals surface area contributed by atoms with E-state index in [4.69, 9.17) is 4.74 Å². The number of ether oxygens (including phenoxy) is 1. The number of amides is 2. The van der Waals surface area contributed by atoms with Crippen LogP contribution in [0.1, 0.15) is 32.1 Å². The van der Waals surface area contributed by atoms with Crippen LogP contribution in [0.3, 0.4) is 0 Å². The van der Waals surface area contributed by atoms with Gasteiger partial charge in [0.2, 0.25) is 11.8 Å². The van der Waals surface area contributed by atoms with Crippen molar-refractivity contribution in [3.05, 3.63) is 36.7 Å². The van der Waals surface area contributed by atoms with Crippen molar-refractivity contribution in [2.24, 2.45) is 5.92 Å². The maximum absolute atomic E-state index is 12.9. The summed E-state index contributed by atoms with van der Waals surface area (Å²) >= 11 is 0. The van der Waals surface area contributed by atoms with E-state index in [1.807, 2.05) is 24.3 Å². The third kappa shape index (κ3) is 3.67. The molecule has 1 saturated heterocycles. The molecule has 1 saturated carbocycles. The average molecular weight is 341 g/mol. The molecule has 1 aliphatic heterocycles. The topological polar surface area (TPSA) is 71.5 Å². The van der Waals surface area contributed by atoms with Crippen molar-refractivity contribution >= 4 is 11.8 Å². The highest BCUT2D eigenvalue weighted by Crippen LogP contribution is 2.29. The number of nitrogens with one attached hydrogen (secondary N) is 1. The van der Waals surface area contributed by atoms with Crippen LogP contribution in [-0.4, -0.2) is 46.4 Å². The largest absolute Gasteiger partial charge is 0.487 e. The summed E-state index contributed by atoms with van der Waals surface area (Å²) in [4.78, 5) is 31.3. The number of rotatable bonds is 5. The predicted octanol–water partition coefficient (Wildman–Crippen LogP) is 1.67. The van der Waals surface area contributed by atoms with Gasteiger partial charge in [0.15, 0.2) is 0 Å². The number of nitrogens with zero attached hydrogens (tertiary/aromatic N) is 2. The number of carbonyl (C=O) groups excluding carboxylic acids is 2. The van der Waals surface area contributed by atoms with E-state index >= 15 is 0 Å². The standard InChI is InChI=1S/C19H23N3O3/c23-18(21-14-7-8-14)17-10-16(25-15-6-3-9-20-11-15)12-22(17)19(24)13-4-1-2-5-13/h1-3,6,9,11,13-14,16-17H,4-5,7-8,10,12H2,(H,21,23)/t16-,17-/m0/s1. The van der Waals surface area contributed by atoms with Gasteiger partial charge in [0.25, 0.3) is 0 Å². The zero-order valence-electron chi connectivity index (χ0n) is 14.1. The predicted molar refractivity (Wildman–Crippen MR) is 91.8 cm³/mol. The van der Waals surface area contributed by atoms with Gasteiger partial charge in [0.05, 0.1) is 12.7 Å². The number of allylic oxidation sites excluding steroid dienone is 2. The third-order valence-corrected chi connectivity index (χ3v) is 5.07. The molecule has 4 rings (SSSR count). The van der Waals surface area contributed by atoms with Crippen LogP contribution in [0.15, 0.2) is 36.7 Å². The smallest absolute Gasteiger partial charge is 0.243 e. The van der Waals surface area contributed by atoms with Gasteiger partial charge in [-0.05, 0) is 37.8 Å². The van der Waals surface area contributed by atoms with Crippen molar-refractivity contribution in [1.29, 1.82) is 0 Å². The molecule has 2 amide bonds. The van der Waals surface area contributed by atoms with Crippen LogP contribution in [0.2, 0.25) is 0 Å². The summed E-state index contributed by atoms with van der Waals surface area (Å²) < 4.78 is 5.97. The molecule has 2 atom stereocenters. The van der Waals surface area contributed by atoms with Crippen molar-refractivity contribution < 1.29 is 14.3 Å². The van der Waals surface area contributed by atoms with Crippen LogP contribution < -0.4 is 10.1 Å². The molecule has 0 spiro atoms. The maximum Gasteiger partial charge on any atom is 0.243 e. The first kappa shape index (κ1) is 16.1. The Morgan fingerprint density at radius 1 is 1.24 bits per heavy atom. The zero-order chi connectivity index (χ0) is 17.2. The van der Waals surface area contributed by atoms with E-state index in [0.717, 1.165) is 25.7 Å². The zero-order valence-corrected chi connectivity index (χ0v) is 14.1. The van der Waals surface area contributed by atoms with E-state index in [1.165, 1.54) is 0 Å². The Bertz CT molecular complexity index is 664. The Kier molecular flexibility index (Phi) is 4.42. The van der Waals surface area contributed by atoms with E-state index in [1.54, 1.807) is 17.3 Å². The molecule has 0 bridgehead atoms. The fourth-order valence-electron chi connectivity index (χ4n) is 3.56. The monoisotopic (exact) mass is 341 g/mol. The Hall–Kier alpha value is -2.37. The third-order valence-electron chi connectivity index (χ3n) is 5.07. The molecule has 2 heterocycles. The summed E-state index contributed by atoms with van der Waals surface area (Å²) in [6, 6.07) is 3.51. The molecular weight excluding hydrogens is 318 g/mol. The van der Waals surface area contributed by atoms with Gasteiger partial charge in [-0.1, -0.05) is 12.2 Å². The Morgan fingerprint density at radius 3 is 2.72 bits per heavy atom. The molecule has 1 aromatic heterocycles. The van der Waals surface area contributed by atoms with Gasteiger partial charge < -0.3 is 15.0 Å². The normalized spacial score (nSPS) is 26.0. The molecule has 6 heteroatoms. The molecule has 2 fully saturated rings. The summed E-state index contributed by atoms with van der Waals surface area (Å²) in [6.45, 7) is 0.451. The summed E-state index contributed by atoms with van der Waals surface area (Å²) in [5, 5.41) is 3.04. The molecule has 1 aromatic rings. The van der Waals surface area contributed by atoms with Crippen molar-refractivity contribution in [3.63, 3.8) is 0 Å². The first-order chi connectivity index (χ1) is 12.2. The first-order valence-electron chi connectivity index (χ1n) is 9.03. The van der Waals surface area contributed by atoms with Gasteiger partial charge >= 0.3 is 0 Å². The second kappa shape index (κ2) is 6.86. The number of aromatic nitrogens is 1. The second-order valence-electron chi connectivity index (χ2n) is 7.09. The average Bonchev–Trinajstić information content (AvgIpc) is 3.12. The lowest BCUT2D eigenvalue weighted by Crippen LogP contribution is -2.48. The lowest BCUT2D eigenvalue weighted by molar-refractivity contribution is -0.141. The van der Waals surface area contributed by atoms with E-state index in [2.05, 4.69) is 10.3 Å². The van der Waals surface area contributed by atoms with E-state index < -0.39 is 6.04 Å². The minimum absolute atomic E-state index is 0.0339. The van der Waals surface area contributed by atoms with E-state index in [0.29, 0.717) is 18.7 Å². The maximum atomic E-state index is 12.9. The number of hydrogen-bond donors (Lipinski definition) is 1. The van der Waals surface area contributed by atoms with Crippen LogP contribution in [0.5, 0.6) is 5.75 Å². The van der Waals surface area contributed by atoms with Crippen LogP contribution >= 0.6 is 0 Å². The van der Waals surface area contributed by atoms with Gasteiger partial charge in [-0.3, -0.25) is 14.6 Å². The fraction of sp³-hybridized carbons (Fsp3) is 0.526. The number of pyridine rings is 1.